The van der Waals surface area contributed by atoms with Crippen molar-refractivity contribution < 1.29 is 4.39 Å². The van der Waals surface area contributed by atoms with Gasteiger partial charge in [-0.25, -0.2) is 9.37 Å². The SMILES string of the molecule is NNc1ccc(-c2cn3cc(F)ccc3n2)cc1. The summed E-state index contributed by atoms with van der Waals surface area (Å²) in [5, 5.41) is 0. The van der Waals surface area contributed by atoms with Crippen LogP contribution in [0.5, 0.6) is 0 Å². The van der Waals surface area contributed by atoms with Crippen LogP contribution in [0.15, 0.2) is 48.8 Å². The number of nitrogens with one attached hydrogen (secondary N) is 1. The molecule has 18 heavy (non-hydrogen) atoms. The van der Waals surface area contributed by atoms with Gasteiger partial charge in [0, 0.05) is 23.6 Å². The van der Waals surface area contributed by atoms with E-state index in [4.69, 9.17) is 5.84 Å². The Kier molecular flexibility index (Phi) is 2.46. The Morgan fingerprint density at radius 3 is 2.56 bits per heavy atom. The minimum Gasteiger partial charge on any atom is -0.324 e. The van der Waals surface area contributed by atoms with Crippen LogP contribution in [0.4, 0.5) is 10.1 Å². The lowest BCUT2D eigenvalue weighted by molar-refractivity contribution is 0.619. The Bertz CT molecular complexity index is 688. The quantitative estimate of drug-likeness (QED) is 0.536. The average Bonchev–Trinajstić information content (AvgIpc) is 2.81. The second-order valence-corrected chi connectivity index (χ2v) is 3.96. The summed E-state index contributed by atoms with van der Waals surface area (Å²) >= 11 is 0. The summed E-state index contributed by atoms with van der Waals surface area (Å²) < 4.78 is 14.7. The van der Waals surface area contributed by atoms with Crippen LogP contribution < -0.4 is 11.3 Å². The van der Waals surface area contributed by atoms with E-state index in [2.05, 4.69) is 10.4 Å². The minimum atomic E-state index is -0.283. The molecule has 3 aromatic rings. The molecule has 0 fully saturated rings. The number of hydrazine groups is 1. The number of nitrogens with two attached hydrogens (primary N) is 1. The Balaban J connectivity index is 2.07. The first kappa shape index (κ1) is 10.7. The topological polar surface area (TPSA) is 55.3 Å². The van der Waals surface area contributed by atoms with Crippen molar-refractivity contribution in [2.24, 2.45) is 5.84 Å². The molecule has 2 heterocycles. The molecular formula is C13H11FN4. The van der Waals surface area contributed by atoms with Crippen LogP contribution >= 0.6 is 0 Å². The van der Waals surface area contributed by atoms with Gasteiger partial charge >= 0.3 is 0 Å². The van der Waals surface area contributed by atoms with Crippen molar-refractivity contribution in [3.63, 3.8) is 0 Å². The van der Waals surface area contributed by atoms with E-state index in [9.17, 15) is 4.39 Å². The van der Waals surface area contributed by atoms with Crippen molar-refractivity contribution in [1.82, 2.24) is 9.38 Å². The molecule has 0 amide bonds. The zero-order chi connectivity index (χ0) is 12.5. The second-order valence-electron chi connectivity index (χ2n) is 3.96. The molecule has 0 bridgehead atoms. The molecule has 1 aromatic carbocycles. The number of nitrogens with zero attached hydrogens (tertiary/aromatic N) is 2. The van der Waals surface area contributed by atoms with Crippen molar-refractivity contribution >= 4 is 11.3 Å². The van der Waals surface area contributed by atoms with Crippen molar-refractivity contribution in [1.29, 1.82) is 0 Å². The molecule has 0 aliphatic heterocycles. The van der Waals surface area contributed by atoms with Crippen LogP contribution in [0.25, 0.3) is 16.9 Å². The van der Waals surface area contributed by atoms with E-state index in [-0.39, 0.29) is 5.82 Å². The number of benzene rings is 1. The fourth-order valence-electron chi connectivity index (χ4n) is 1.84. The van der Waals surface area contributed by atoms with Crippen LogP contribution in [0, 0.1) is 5.82 Å². The van der Waals surface area contributed by atoms with E-state index in [1.807, 2.05) is 24.3 Å². The van der Waals surface area contributed by atoms with E-state index in [0.717, 1.165) is 16.9 Å². The summed E-state index contributed by atoms with van der Waals surface area (Å²) in [6.07, 6.45) is 3.20. The third-order valence-electron chi connectivity index (χ3n) is 2.76. The van der Waals surface area contributed by atoms with Crippen LogP contribution in [0.3, 0.4) is 0 Å². The highest BCUT2D eigenvalue weighted by molar-refractivity contribution is 5.65. The molecule has 0 spiro atoms. The number of hydrogen-bond donors (Lipinski definition) is 2. The summed E-state index contributed by atoms with van der Waals surface area (Å²) in [4.78, 5) is 4.42. The Morgan fingerprint density at radius 1 is 1.06 bits per heavy atom. The van der Waals surface area contributed by atoms with Crippen molar-refractivity contribution in [3.05, 3.63) is 54.6 Å². The number of fused-ring (bicyclic) bond motifs is 1. The fourth-order valence-corrected chi connectivity index (χ4v) is 1.84. The van der Waals surface area contributed by atoms with Crippen LogP contribution in [0.2, 0.25) is 0 Å². The number of anilines is 1. The normalized spacial score (nSPS) is 10.8. The van der Waals surface area contributed by atoms with Gasteiger partial charge in [-0.2, -0.15) is 0 Å². The molecule has 5 heteroatoms. The molecule has 3 rings (SSSR count). The zero-order valence-electron chi connectivity index (χ0n) is 9.47. The van der Waals surface area contributed by atoms with E-state index < -0.39 is 0 Å². The fraction of sp³-hybridized carbons (Fsp3) is 0. The van der Waals surface area contributed by atoms with Gasteiger partial charge in [0.05, 0.1) is 5.69 Å². The van der Waals surface area contributed by atoms with Gasteiger partial charge < -0.3 is 9.83 Å². The third-order valence-corrected chi connectivity index (χ3v) is 2.76. The number of hydrogen-bond acceptors (Lipinski definition) is 3. The zero-order valence-corrected chi connectivity index (χ0v) is 9.47. The number of rotatable bonds is 2. The molecule has 3 N–H and O–H groups in total. The van der Waals surface area contributed by atoms with Gasteiger partial charge in [-0.1, -0.05) is 12.1 Å². The van der Waals surface area contributed by atoms with Crippen molar-refractivity contribution in [2.75, 3.05) is 5.43 Å². The van der Waals surface area contributed by atoms with Crippen LogP contribution in [-0.2, 0) is 0 Å². The summed E-state index contributed by atoms with van der Waals surface area (Å²) in [5.41, 5.74) is 5.86. The summed E-state index contributed by atoms with van der Waals surface area (Å²) in [5.74, 6) is 5.02. The molecule has 0 unspecified atom stereocenters. The van der Waals surface area contributed by atoms with E-state index in [1.54, 1.807) is 16.7 Å². The third kappa shape index (κ3) is 1.80. The first-order valence-electron chi connectivity index (χ1n) is 5.47. The van der Waals surface area contributed by atoms with Crippen molar-refractivity contribution in [2.45, 2.75) is 0 Å². The van der Waals surface area contributed by atoms with Gasteiger partial charge in [0.1, 0.15) is 11.5 Å². The smallest absolute Gasteiger partial charge is 0.139 e. The highest BCUT2D eigenvalue weighted by Crippen LogP contribution is 2.21. The molecule has 0 saturated carbocycles. The highest BCUT2D eigenvalue weighted by Gasteiger charge is 2.04. The molecule has 4 nitrogen and oxygen atoms in total. The number of nitrogen functional groups attached to an aromatic ring is 1. The number of halogens is 1. The molecule has 0 aliphatic rings. The van der Waals surface area contributed by atoms with E-state index >= 15 is 0 Å². The molecule has 0 aliphatic carbocycles. The van der Waals surface area contributed by atoms with Crippen molar-refractivity contribution in [3.8, 4) is 11.3 Å². The maximum Gasteiger partial charge on any atom is 0.139 e. The Hall–Kier alpha value is -2.40. The lowest BCUT2D eigenvalue weighted by Gasteiger charge is -2.00. The highest BCUT2D eigenvalue weighted by atomic mass is 19.1. The second kappa shape index (κ2) is 4.12. The van der Waals surface area contributed by atoms with Crippen LogP contribution in [0.1, 0.15) is 0 Å². The summed E-state index contributed by atoms with van der Waals surface area (Å²) in [7, 11) is 0. The van der Waals surface area contributed by atoms with E-state index in [0.29, 0.717) is 5.65 Å². The maximum absolute atomic E-state index is 13.1. The molecule has 2 aromatic heterocycles. The molecule has 90 valence electrons. The van der Waals surface area contributed by atoms with E-state index in [1.165, 1.54) is 12.3 Å². The lowest BCUT2D eigenvalue weighted by atomic mass is 10.1. The Morgan fingerprint density at radius 2 is 1.83 bits per heavy atom. The standard InChI is InChI=1S/C13H11FN4/c14-10-3-6-13-16-12(8-18(13)7-10)9-1-4-11(17-15)5-2-9/h1-8,17H,15H2. The van der Waals surface area contributed by atoms with Gasteiger partial charge in [0.15, 0.2) is 0 Å². The number of imidazole rings is 1. The maximum atomic E-state index is 13.1. The molecular weight excluding hydrogens is 231 g/mol. The number of aromatic nitrogens is 2. The van der Waals surface area contributed by atoms with Gasteiger partial charge in [-0.05, 0) is 24.3 Å². The molecule has 0 atom stereocenters. The summed E-state index contributed by atoms with van der Waals surface area (Å²) in [6.45, 7) is 0. The van der Waals surface area contributed by atoms with Gasteiger partial charge in [0.2, 0.25) is 0 Å². The average molecular weight is 242 g/mol. The largest absolute Gasteiger partial charge is 0.324 e. The lowest BCUT2D eigenvalue weighted by Crippen LogP contribution is -2.05. The molecule has 0 saturated heterocycles. The summed E-state index contributed by atoms with van der Waals surface area (Å²) in [6, 6.07) is 10.6. The first-order chi connectivity index (χ1) is 8.76. The van der Waals surface area contributed by atoms with Crippen LogP contribution in [-0.4, -0.2) is 9.38 Å². The van der Waals surface area contributed by atoms with Gasteiger partial charge in [-0.3, -0.25) is 5.84 Å². The number of pyridine rings is 1. The predicted octanol–water partition coefficient (Wildman–Crippen LogP) is 2.43. The van der Waals surface area contributed by atoms with Gasteiger partial charge in [0.25, 0.3) is 0 Å². The first-order valence-corrected chi connectivity index (χ1v) is 5.47. The Labute approximate surface area is 103 Å². The monoisotopic (exact) mass is 242 g/mol. The minimum absolute atomic E-state index is 0.283. The predicted molar refractivity (Wildman–Crippen MR) is 68.4 cm³/mol. The van der Waals surface area contributed by atoms with Gasteiger partial charge in [-0.15, -0.1) is 0 Å². The molecule has 0 radical (unpaired) electrons.